The van der Waals surface area contributed by atoms with Crippen LogP contribution in [0.1, 0.15) is 32.4 Å². The van der Waals surface area contributed by atoms with Crippen LogP contribution in [0.4, 0.5) is 0 Å². The van der Waals surface area contributed by atoms with Gasteiger partial charge in [0.2, 0.25) is 5.91 Å². The van der Waals surface area contributed by atoms with E-state index >= 15 is 0 Å². The molecule has 0 saturated heterocycles. The molecule has 1 unspecified atom stereocenters. The summed E-state index contributed by atoms with van der Waals surface area (Å²) in [6, 6.07) is 7.64. The number of amides is 1. The monoisotopic (exact) mass is 299 g/mol. The molecular weight excluding hydrogens is 282 g/mol. The summed E-state index contributed by atoms with van der Waals surface area (Å²) < 4.78 is 4.60. The van der Waals surface area contributed by atoms with E-state index in [1.165, 1.54) is 0 Å². The van der Waals surface area contributed by atoms with Gasteiger partial charge in [-0.15, -0.1) is 0 Å². The molecule has 1 amide bonds. The Bertz CT molecular complexity index is 399. The van der Waals surface area contributed by atoms with Crippen LogP contribution < -0.4 is 10.1 Å². The lowest BCUT2D eigenvalue weighted by atomic mass is 10.1. The summed E-state index contributed by atoms with van der Waals surface area (Å²) in [5, 5.41) is 2.95. The second kappa shape index (κ2) is 5.54. The third-order valence-electron chi connectivity index (χ3n) is 2.48. The van der Waals surface area contributed by atoms with Gasteiger partial charge in [0, 0.05) is 0 Å². The lowest BCUT2D eigenvalue weighted by Crippen LogP contribution is -2.38. The quantitative estimate of drug-likeness (QED) is 0.868. The predicted molar refractivity (Wildman–Crippen MR) is 72.6 cm³/mol. The van der Waals surface area contributed by atoms with E-state index in [-0.39, 0.29) is 11.9 Å². The maximum Gasteiger partial charge on any atom is 0.236 e. The summed E-state index contributed by atoms with van der Waals surface area (Å²) in [6.07, 6.45) is 0. The second-order valence-electron chi connectivity index (χ2n) is 4.44. The molecule has 0 heterocycles. The molecule has 1 N–H and O–H groups in total. The first kappa shape index (κ1) is 14.0. The molecule has 0 saturated carbocycles. The van der Waals surface area contributed by atoms with Gasteiger partial charge in [-0.2, -0.15) is 0 Å². The lowest BCUT2D eigenvalue weighted by Gasteiger charge is -2.21. The minimum Gasteiger partial charge on any atom is -0.497 e. The third-order valence-corrected chi connectivity index (χ3v) is 2.84. The first-order chi connectivity index (χ1) is 7.84. The molecule has 0 aliphatic heterocycles. The van der Waals surface area contributed by atoms with Crippen molar-refractivity contribution in [2.45, 2.75) is 31.1 Å². The van der Waals surface area contributed by atoms with Crippen LogP contribution in [0.3, 0.4) is 0 Å². The van der Waals surface area contributed by atoms with E-state index in [0.717, 1.165) is 11.3 Å². The molecule has 17 heavy (non-hydrogen) atoms. The molecular formula is C13H18BrNO2. The Morgan fingerprint density at radius 1 is 1.47 bits per heavy atom. The highest BCUT2D eigenvalue weighted by Gasteiger charge is 2.25. The first-order valence-corrected chi connectivity index (χ1v) is 6.27. The van der Waals surface area contributed by atoms with Gasteiger partial charge >= 0.3 is 0 Å². The molecule has 0 fully saturated rings. The Morgan fingerprint density at radius 3 is 2.65 bits per heavy atom. The zero-order chi connectivity index (χ0) is 13.1. The second-order valence-corrected chi connectivity index (χ2v) is 6.43. The van der Waals surface area contributed by atoms with Gasteiger partial charge < -0.3 is 10.1 Å². The maximum atomic E-state index is 11.8. The van der Waals surface area contributed by atoms with Crippen LogP contribution in [0, 0.1) is 0 Å². The van der Waals surface area contributed by atoms with Crippen molar-refractivity contribution in [3.63, 3.8) is 0 Å². The molecule has 0 bridgehead atoms. The highest BCUT2D eigenvalue weighted by atomic mass is 79.9. The van der Waals surface area contributed by atoms with Crippen LogP contribution in [0.2, 0.25) is 0 Å². The van der Waals surface area contributed by atoms with Crippen molar-refractivity contribution in [3.05, 3.63) is 29.8 Å². The lowest BCUT2D eigenvalue weighted by molar-refractivity contribution is -0.123. The van der Waals surface area contributed by atoms with E-state index < -0.39 is 4.32 Å². The summed E-state index contributed by atoms with van der Waals surface area (Å²) in [5.41, 5.74) is 1.02. The van der Waals surface area contributed by atoms with Crippen molar-refractivity contribution in [1.82, 2.24) is 5.32 Å². The Kier molecular flexibility index (Phi) is 4.57. The summed E-state index contributed by atoms with van der Waals surface area (Å²) in [4.78, 5) is 11.8. The number of carbonyl (C=O) groups is 1. The number of hydrogen-bond acceptors (Lipinski definition) is 2. The van der Waals surface area contributed by atoms with E-state index in [2.05, 4.69) is 21.2 Å². The van der Waals surface area contributed by atoms with Crippen molar-refractivity contribution >= 4 is 21.8 Å². The summed E-state index contributed by atoms with van der Waals surface area (Å²) in [7, 11) is 1.63. The van der Waals surface area contributed by atoms with E-state index in [1.54, 1.807) is 7.11 Å². The van der Waals surface area contributed by atoms with Crippen molar-refractivity contribution in [3.8, 4) is 5.75 Å². The van der Waals surface area contributed by atoms with Gasteiger partial charge in [-0.25, -0.2) is 0 Å². The van der Waals surface area contributed by atoms with Crippen molar-refractivity contribution < 1.29 is 9.53 Å². The summed E-state index contributed by atoms with van der Waals surface area (Å²) in [6.45, 7) is 5.59. The molecule has 0 aliphatic rings. The number of carbonyl (C=O) groups excluding carboxylic acids is 1. The minimum absolute atomic E-state index is 0.0344. The number of benzene rings is 1. The van der Waals surface area contributed by atoms with Gasteiger partial charge in [0.05, 0.1) is 17.5 Å². The molecule has 1 aromatic rings. The standard InChI is InChI=1S/C13H18BrNO2/c1-9(15-12(16)13(2,3)14)10-6-5-7-11(8-10)17-4/h5-9H,1-4H3,(H,15,16). The minimum atomic E-state index is -0.555. The Balaban J connectivity index is 2.76. The molecule has 0 spiro atoms. The molecule has 1 rings (SSSR count). The Morgan fingerprint density at radius 2 is 2.12 bits per heavy atom. The average molecular weight is 300 g/mol. The topological polar surface area (TPSA) is 38.3 Å². The highest BCUT2D eigenvalue weighted by Crippen LogP contribution is 2.21. The summed E-state index contributed by atoms with van der Waals surface area (Å²) >= 11 is 3.34. The van der Waals surface area contributed by atoms with Gasteiger partial charge in [-0.05, 0) is 38.5 Å². The van der Waals surface area contributed by atoms with Gasteiger partial charge in [0.1, 0.15) is 5.75 Å². The zero-order valence-corrected chi connectivity index (χ0v) is 12.2. The maximum absolute atomic E-state index is 11.8. The van der Waals surface area contributed by atoms with Crippen LogP contribution in [0.25, 0.3) is 0 Å². The fourth-order valence-electron chi connectivity index (χ4n) is 1.36. The van der Waals surface area contributed by atoms with E-state index in [4.69, 9.17) is 4.74 Å². The van der Waals surface area contributed by atoms with Crippen LogP contribution in [-0.2, 0) is 4.79 Å². The SMILES string of the molecule is COc1cccc(C(C)NC(=O)C(C)(C)Br)c1. The molecule has 0 aromatic heterocycles. The van der Waals surface area contributed by atoms with Gasteiger partial charge in [0.25, 0.3) is 0 Å². The molecule has 4 heteroatoms. The molecule has 94 valence electrons. The largest absolute Gasteiger partial charge is 0.497 e. The fourth-order valence-corrected chi connectivity index (χ4v) is 1.48. The number of alkyl halides is 1. The molecule has 3 nitrogen and oxygen atoms in total. The van der Waals surface area contributed by atoms with E-state index in [0.29, 0.717) is 0 Å². The average Bonchev–Trinajstić information content (AvgIpc) is 2.27. The van der Waals surface area contributed by atoms with Crippen LogP contribution in [-0.4, -0.2) is 17.3 Å². The van der Waals surface area contributed by atoms with Crippen molar-refractivity contribution in [1.29, 1.82) is 0 Å². The van der Waals surface area contributed by atoms with Crippen LogP contribution in [0.5, 0.6) is 5.75 Å². The van der Waals surface area contributed by atoms with Gasteiger partial charge in [0.15, 0.2) is 0 Å². The third kappa shape index (κ3) is 4.04. The van der Waals surface area contributed by atoms with Crippen molar-refractivity contribution in [2.75, 3.05) is 7.11 Å². The first-order valence-electron chi connectivity index (χ1n) is 5.48. The number of ether oxygens (including phenoxy) is 1. The zero-order valence-electron chi connectivity index (χ0n) is 10.6. The number of halogens is 1. The molecule has 0 aliphatic carbocycles. The highest BCUT2D eigenvalue weighted by molar-refractivity contribution is 9.10. The predicted octanol–water partition coefficient (Wildman–Crippen LogP) is 3.05. The fraction of sp³-hybridized carbons (Fsp3) is 0.462. The van der Waals surface area contributed by atoms with Gasteiger partial charge in [-0.3, -0.25) is 4.79 Å². The summed E-state index contributed by atoms with van der Waals surface area (Å²) in [5.74, 6) is 0.759. The van der Waals surface area contributed by atoms with Crippen LogP contribution in [0.15, 0.2) is 24.3 Å². The number of rotatable bonds is 4. The van der Waals surface area contributed by atoms with Crippen LogP contribution >= 0.6 is 15.9 Å². The molecule has 1 aromatic carbocycles. The smallest absolute Gasteiger partial charge is 0.236 e. The normalized spacial score (nSPS) is 13.0. The van der Waals surface area contributed by atoms with E-state index in [1.807, 2.05) is 45.0 Å². The number of hydrogen-bond donors (Lipinski definition) is 1. The molecule has 0 radical (unpaired) electrons. The Hall–Kier alpha value is -1.03. The number of nitrogens with one attached hydrogen (secondary N) is 1. The number of methoxy groups -OCH3 is 1. The van der Waals surface area contributed by atoms with E-state index in [9.17, 15) is 4.79 Å². The van der Waals surface area contributed by atoms with Crippen molar-refractivity contribution in [2.24, 2.45) is 0 Å². The van der Waals surface area contributed by atoms with Gasteiger partial charge in [-0.1, -0.05) is 28.1 Å². The molecule has 1 atom stereocenters. The Labute approximate surface area is 111 Å².